The number of rotatable bonds is 3. The van der Waals surface area contributed by atoms with E-state index in [2.05, 4.69) is 143 Å². The molecule has 0 atom stereocenters. The lowest BCUT2D eigenvalue weighted by atomic mass is 9.33. The van der Waals surface area contributed by atoms with E-state index in [0.717, 1.165) is 33.9 Å². The highest BCUT2D eigenvalue weighted by atomic mass is 15.2. The van der Waals surface area contributed by atoms with E-state index < -0.39 is 0 Å². The second-order valence-electron chi connectivity index (χ2n) is 10.5. The predicted molar refractivity (Wildman–Crippen MR) is 171 cm³/mol. The molecule has 0 saturated heterocycles. The SMILES string of the molecule is N#Cc1cccc(-c2cc3c4c(c2)N(c2ccccc2)c2ccccc2B4c2ccccc2N3c2ccccc2)c1. The van der Waals surface area contributed by atoms with E-state index >= 15 is 0 Å². The minimum Gasteiger partial charge on any atom is -0.311 e. The standard InChI is InChI=1S/C37H24BN3/c39-25-26-12-11-13-27(22-26)28-23-35-37-36(24-28)41(30-16-5-2-6-17-30)34-21-10-8-19-32(34)38(37)31-18-7-9-20-33(31)40(35)29-14-3-1-4-15-29/h1-24H. The van der Waals surface area contributed by atoms with Crippen molar-refractivity contribution in [1.82, 2.24) is 0 Å². The zero-order valence-electron chi connectivity index (χ0n) is 22.3. The highest BCUT2D eigenvalue weighted by Gasteiger charge is 2.43. The summed E-state index contributed by atoms with van der Waals surface area (Å²) in [6.07, 6.45) is 0. The van der Waals surface area contributed by atoms with Gasteiger partial charge in [-0.15, -0.1) is 0 Å². The summed E-state index contributed by atoms with van der Waals surface area (Å²) in [5.74, 6) is 0. The number of nitrogens with zero attached hydrogens (tertiary/aromatic N) is 3. The molecule has 4 heteroatoms. The van der Waals surface area contributed by atoms with Gasteiger partial charge in [-0.25, -0.2) is 0 Å². The van der Waals surface area contributed by atoms with E-state index in [1.165, 1.54) is 27.8 Å². The molecule has 6 aromatic rings. The molecule has 0 saturated carbocycles. The van der Waals surface area contributed by atoms with Crippen molar-refractivity contribution in [3.05, 3.63) is 151 Å². The Morgan fingerprint density at radius 1 is 0.463 bits per heavy atom. The van der Waals surface area contributed by atoms with Gasteiger partial charge in [-0.1, -0.05) is 84.9 Å². The van der Waals surface area contributed by atoms with Gasteiger partial charge in [-0.05, 0) is 88.2 Å². The fourth-order valence-corrected chi connectivity index (χ4v) is 6.54. The molecule has 2 aliphatic rings. The van der Waals surface area contributed by atoms with Gasteiger partial charge in [-0.3, -0.25) is 0 Å². The van der Waals surface area contributed by atoms with Gasteiger partial charge in [0.25, 0.3) is 6.71 Å². The Bertz CT molecular complexity index is 1870. The molecule has 0 fully saturated rings. The van der Waals surface area contributed by atoms with Gasteiger partial charge >= 0.3 is 0 Å². The Labute approximate surface area is 240 Å². The van der Waals surface area contributed by atoms with Gasteiger partial charge in [0.1, 0.15) is 0 Å². The number of anilines is 6. The van der Waals surface area contributed by atoms with Gasteiger partial charge < -0.3 is 9.80 Å². The van der Waals surface area contributed by atoms with E-state index in [1.807, 2.05) is 18.2 Å². The van der Waals surface area contributed by atoms with Crippen molar-refractivity contribution in [3.63, 3.8) is 0 Å². The van der Waals surface area contributed by atoms with E-state index in [-0.39, 0.29) is 6.71 Å². The molecular formula is C37H24BN3. The lowest BCUT2D eigenvalue weighted by Crippen LogP contribution is -2.61. The van der Waals surface area contributed by atoms with E-state index in [1.54, 1.807) is 0 Å². The third-order valence-electron chi connectivity index (χ3n) is 8.24. The van der Waals surface area contributed by atoms with Crippen molar-refractivity contribution in [3.8, 4) is 17.2 Å². The maximum Gasteiger partial charge on any atom is 0.252 e. The molecule has 2 heterocycles. The number of hydrogen-bond acceptors (Lipinski definition) is 3. The summed E-state index contributed by atoms with van der Waals surface area (Å²) >= 11 is 0. The van der Waals surface area contributed by atoms with Crippen LogP contribution in [0.2, 0.25) is 0 Å². The first-order valence-electron chi connectivity index (χ1n) is 13.9. The molecule has 0 radical (unpaired) electrons. The number of benzene rings is 6. The third-order valence-corrected chi connectivity index (χ3v) is 8.24. The maximum atomic E-state index is 9.68. The van der Waals surface area contributed by atoms with Crippen LogP contribution in [0.5, 0.6) is 0 Å². The smallest absolute Gasteiger partial charge is 0.252 e. The van der Waals surface area contributed by atoms with Crippen molar-refractivity contribution in [2.75, 3.05) is 9.80 Å². The van der Waals surface area contributed by atoms with Crippen LogP contribution in [-0.2, 0) is 0 Å². The quantitative estimate of drug-likeness (QED) is 0.229. The monoisotopic (exact) mass is 521 g/mol. The summed E-state index contributed by atoms with van der Waals surface area (Å²) in [5, 5.41) is 9.68. The molecule has 2 aliphatic heterocycles. The second-order valence-corrected chi connectivity index (χ2v) is 10.5. The molecule has 0 bridgehead atoms. The first-order chi connectivity index (χ1) is 20.3. The predicted octanol–water partition coefficient (Wildman–Crippen LogP) is 7.31. The normalized spacial score (nSPS) is 12.7. The van der Waals surface area contributed by atoms with Crippen molar-refractivity contribution >= 4 is 57.2 Å². The average molecular weight is 521 g/mol. The molecule has 0 aromatic heterocycles. The Balaban J connectivity index is 1.51. The molecule has 8 rings (SSSR count). The molecule has 0 amide bonds. The molecule has 6 aromatic carbocycles. The van der Waals surface area contributed by atoms with Crippen LogP contribution in [-0.4, -0.2) is 6.71 Å². The van der Waals surface area contributed by atoms with Crippen LogP contribution in [0.15, 0.2) is 146 Å². The Morgan fingerprint density at radius 3 is 1.51 bits per heavy atom. The number of para-hydroxylation sites is 4. The van der Waals surface area contributed by atoms with E-state index in [0.29, 0.717) is 5.56 Å². The third kappa shape index (κ3) is 3.60. The topological polar surface area (TPSA) is 30.3 Å². The maximum absolute atomic E-state index is 9.68. The molecule has 41 heavy (non-hydrogen) atoms. The van der Waals surface area contributed by atoms with Gasteiger partial charge in [-0.2, -0.15) is 5.26 Å². The van der Waals surface area contributed by atoms with Crippen LogP contribution in [0.25, 0.3) is 11.1 Å². The molecule has 190 valence electrons. The minimum absolute atomic E-state index is 0.0896. The van der Waals surface area contributed by atoms with Gasteiger partial charge in [0, 0.05) is 34.1 Å². The Hall–Kier alpha value is -5.53. The average Bonchev–Trinajstić information content (AvgIpc) is 3.05. The minimum atomic E-state index is 0.0896. The van der Waals surface area contributed by atoms with Crippen LogP contribution in [0.3, 0.4) is 0 Å². The lowest BCUT2D eigenvalue weighted by molar-refractivity contribution is 1.25. The Morgan fingerprint density at radius 2 is 0.976 bits per heavy atom. The fraction of sp³-hybridized carbons (Fsp3) is 0. The van der Waals surface area contributed by atoms with Crippen LogP contribution in [0.4, 0.5) is 34.1 Å². The van der Waals surface area contributed by atoms with Crippen LogP contribution in [0, 0.1) is 11.3 Å². The fourth-order valence-electron chi connectivity index (χ4n) is 6.54. The molecule has 0 unspecified atom stereocenters. The van der Waals surface area contributed by atoms with Gasteiger partial charge in [0.15, 0.2) is 0 Å². The zero-order chi connectivity index (χ0) is 27.3. The van der Waals surface area contributed by atoms with Crippen molar-refractivity contribution in [1.29, 1.82) is 5.26 Å². The summed E-state index contributed by atoms with van der Waals surface area (Å²) < 4.78 is 0. The Kier molecular flexibility index (Phi) is 5.30. The number of hydrogen-bond donors (Lipinski definition) is 0. The number of nitriles is 1. The van der Waals surface area contributed by atoms with E-state index in [4.69, 9.17) is 0 Å². The zero-order valence-corrected chi connectivity index (χ0v) is 22.3. The van der Waals surface area contributed by atoms with Gasteiger partial charge in [0.05, 0.1) is 11.6 Å². The summed E-state index contributed by atoms with van der Waals surface area (Å²) in [6.45, 7) is 0.0896. The van der Waals surface area contributed by atoms with Crippen LogP contribution >= 0.6 is 0 Å². The first-order valence-corrected chi connectivity index (χ1v) is 13.9. The highest BCUT2D eigenvalue weighted by Crippen LogP contribution is 2.45. The van der Waals surface area contributed by atoms with Crippen molar-refractivity contribution < 1.29 is 0 Å². The summed E-state index contributed by atoms with van der Waals surface area (Å²) in [5.41, 5.74) is 13.6. The van der Waals surface area contributed by atoms with Gasteiger partial charge in [0.2, 0.25) is 0 Å². The molecule has 0 aliphatic carbocycles. The first kappa shape index (κ1) is 23.4. The molecule has 3 nitrogen and oxygen atoms in total. The summed E-state index contributed by atoms with van der Waals surface area (Å²) in [4.78, 5) is 4.80. The summed E-state index contributed by atoms with van der Waals surface area (Å²) in [6, 6.07) is 53.7. The van der Waals surface area contributed by atoms with Crippen LogP contribution in [0.1, 0.15) is 5.56 Å². The van der Waals surface area contributed by atoms with Crippen molar-refractivity contribution in [2.24, 2.45) is 0 Å². The van der Waals surface area contributed by atoms with Crippen molar-refractivity contribution in [2.45, 2.75) is 0 Å². The number of fused-ring (bicyclic) bond motifs is 4. The van der Waals surface area contributed by atoms with Crippen LogP contribution < -0.4 is 26.2 Å². The lowest BCUT2D eigenvalue weighted by Gasteiger charge is -2.44. The van der Waals surface area contributed by atoms with E-state index in [9.17, 15) is 5.26 Å². The highest BCUT2D eigenvalue weighted by molar-refractivity contribution is 7.00. The molecule has 0 N–H and O–H groups in total. The largest absolute Gasteiger partial charge is 0.311 e. The summed E-state index contributed by atoms with van der Waals surface area (Å²) in [7, 11) is 0. The molecule has 0 spiro atoms. The molecular weight excluding hydrogens is 497 g/mol. The second kappa shape index (κ2) is 9.29.